The topological polar surface area (TPSA) is 58.9 Å². The predicted molar refractivity (Wildman–Crippen MR) is 97.6 cm³/mol. The number of aromatic nitrogens is 2. The molecule has 2 aromatic heterocycles. The molecular weight excluding hydrogens is 320 g/mol. The van der Waals surface area contributed by atoms with Crippen molar-refractivity contribution in [1.29, 1.82) is 0 Å². The van der Waals surface area contributed by atoms with Gasteiger partial charge in [-0.2, -0.15) is 0 Å². The summed E-state index contributed by atoms with van der Waals surface area (Å²) in [6.45, 7) is 4.18. The van der Waals surface area contributed by atoms with Gasteiger partial charge < -0.3 is 4.42 Å². The molecule has 5 heteroatoms. The standard InChI is InChI=1S/C19H16N2O2S/c1-11-7-8-12(2)13(9-11)10-24-19-20-16-14-5-3-4-6-15(14)23-17(16)18(22)21-19/h3-9H,10H2,1-2H3,(H,20,21,22). The first kappa shape index (κ1) is 15.0. The summed E-state index contributed by atoms with van der Waals surface area (Å²) in [6.07, 6.45) is 0. The first-order valence-electron chi connectivity index (χ1n) is 7.72. The van der Waals surface area contributed by atoms with Gasteiger partial charge in [-0.05, 0) is 37.1 Å². The largest absolute Gasteiger partial charge is 0.449 e. The number of H-pyrrole nitrogens is 1. The summed E-state index contributed by atoms with van der Waals surface area (Å²) in [7, 11) is 0. The molecule has 0 saturated carbocycles. The molecule has 1 N–H and O–H groups in total. The molecule has 2 heterocycles. The highest BCUT2D eigenvalue weighted by Crippen LogP contribution is 2.27. The average Bonchev–Trinajstić information content (AvgIpc) is 2.95. The number of furan rings is 1. The lowest BCUT2D eigenvalue weighted by molar-refractivity contribution is 0.658. The number of nitrogens with one attached hydrogen (secondary N) is 1. The Hall–Kier alpha value is -2.53. The van der Waals surface area contributed by atoms with Crippen LogP contribution in [0.1, 0.15) is 16.7 Å². The molecule has 0 fully saturated rings. The Morgan fingerprint density at radius 2 is 2.00 bits per heavy atom. The summed E-state index contributed by atoms with van der Waals surface area (Å²) < 4.78 is 5.62. The fourth-order valence-electron chi connectivity index (χ4n) is 2.75. The number of para-hydroxylation sites is 1. The summed E-state index contributed by atoms with van der Waals surface area (Å²) in [6, 6.07) is 14.0. The van der Waals surface area contributed by atoms with Crippen LogP contribution in [0.25, 0.3) is 22.1 Å². The quantitative estimate of drug-likeness (QED) is 0.439. The van der Waals surface area contributed by atoms with E-state index in [1.54, 1.807) is 0 Å². The molecule has 4 nitrogen and oxygen atoms in total. The summed E-state index contributed by atoms with van der Waals surface area (Å²) in [5.41, 5.74) is 5.07. The van der Waals surface area contributed by atoms with Crippen LogP contribution in [0.4, 0.5) is 0 Å². The van der Waals surface area contributed by atoms with E-state index in [4.69, 9.17) is 4.42 Å². The van der Waals surface area contributed by atoms with Gasteiger partial charge in [0.25, 0.3) is 5.56 Å². The second kappa shape index (κ2) is 5.83. The fourth-order valence-corrected chi connectivity index (χ4v) is 3.67. The smallest absolute Gasteiger partial charge is 0.295 e. The molecule has 0 unspecified atom stereocenters. The molecule has 0 radical (unpaired) electrons. The van der Waals surface area contributed by atoms with Crippen LogP contribution in [0, 0.1) is 13.8 Å². The highest BCUT2D eigenvalue weighted by atomic mass is 32.2. The van der Waals surface area contributed by atoms with Gasteiger partial charge in [0.2, 0.25) is 5.58 Å². The molecule has 120 valence electrons. The maximum Gasteiger partial charge on any atom is 0.295 e. The van der Waals surface area contributed by atoms with Crippen LogP contribution in [-0.2, 0) is 5.75 Å². The van der Waals surface area contributed by atoms with Gasteiger partial charge in [-0.15, -0.1) is 0 Å². The lowest BCUT2D eigenvalue weighted by Gasteiger charge is -2.06. The summed E-state index contributed by atoms with van der Waals surface area (Å²) in [4.78, 5) is 19.7. The number of rotatable bonds is 3. The number of aryl methyl sites for hydroxylation is 2. The van der Waals surface area contributed by atoms with Crippen LogP contribution in [0.3, 0.4) is 0 Å². The lowest BCUT2D eigenvalue weighted by Crippen LogP contribution is -2.07. The first-order chi connectivity index (χ1) is 11.6. The van der Waals surface area contributed by atoms with E-state index in [0.29, 0.717) is 16.3 Å². The number of hydrogen-bond donors (Lipinski definition) is 1. The van der Waals surface area contributed by atoms with E-state index in [1.807, 2.05) is 24.3 Å². The molecule has 0 amide bonds. The van der Waals surface area contributed by atoms with Gasteiger partial charge in [-0.25, -0.2) is 4.98 Å². The lowest BCUT2D eigenvalue weighted by atomic mass is 10.1. The Bertz CT molecular complexity index is 1110. The van der Waals surface area contributed by atoms with Gasteiger partial charge in [0.15, 0.2) is 5.16 Å². The zero-order valence-corrected chi connectivity index (χ0v) is 14.2. The Morgan fingerprint density at radius 3 is 2.88 bits per heavy atom. The second-order valence-corrected chi connectivity index (χ2v) is 6.83. The van der Waals surface area contributed by atoms with E-state index in [9.17, 15) is 4.79 Å². The maximum atomic E-state index is 12.3. The summed E-state index contributed by atoms with van der Waals surface area (Å²) >= 11 is 1.53. The van der Waals surface area contributed by atoms with Gasteiger partial charge in [0.1, 0.15) is 11.1 Å². The zero-order valence-electron chi connectivity index (χ0n) is 13.4. The first-order valence-corrected chi connectivity index (χ1v) is 8.71. The molecular formula is C19H16N2O2S. The van der Waals surface area contributed by atoms with Gasteiger partial charge in [0, 0.05) is 11.1 Å². The molecule has 4 rings (SSSR count). The summed E-state index contributed by atoms with van der Waals surface area (Å²) in [5, 5.41) is 1.48. The number of nitrogens with zero attached hydrogens (tertiary/aromatic N) is 1. The third-order valence-electron chi connectivity index (χ3n) is 4.08. The van der Waals surface area contributed by atoms with Crippen molar-refractivity contribution in [2.75, 3.05) is 0 Å². The zero-order chi connectivity index (χ0) is 16.7. The number of thioether (sulfide) groups is 1. The van der Waals surface area contributed by atoms with Crippen LogP contribution in [0.2, 0.25) is 0 Å². The molecule has 0 atom stereocenters. The maximum absolute atomic E-state index is 12.3. The fraction of sp³-hybridized carbons (Fsp3) is 0.158. The Kier molecular flexibility index (Phi) is 3.65. The monoisotopic (exact) mass is 336 g/mol. The summed E-state index contributed by atoms with van der Waals surface area (Å²) in [5.74, 6) is 0.762. The number of benzene rings is 2. The van der Waals surface area contributed by atoms with Gasteiger partial charge >= 0.3 is 0 Å². The molecule has 0 saturated heterocycles. The van der Waals surface area contributed by atoms with Crippen LogP contribution in [0.15, 0.2) is 56.8 Å². The third kappa shape index (κ3) is 2.61. The van der Waals surface area contributed by atoms with Crippen molar-refractivity contribution in [2.24, 2.45) is 0 Å². The third-order valence-corrected chi connectivity index (χ3v) is 5.00. The van der Waals surface area contributed by atoms with Gasteiger partial charge in [-0.3, -0.25) is 9.78 Å². The van der Waals surface area contributed by atoms with Crippen molar-refractivity contribution in [1.82, 2.24) is 9.97 Å². The molecule has 2 aromatic carbocycles. The Morgan fingerprint density at radius 1 is 1.17 bits per heavy atom. The molecule has 0 spiro atoms. The molecule has 0 aliphatic carbocycles. The van der Waals surface area contributed by atoms with Crippen molar-refractivity contribution < 1.29 is 4.42 Å². The highest BCUT2D eigenvalue weighted by Gasteiger charge is 2.13. The van der Waals surface area contributed by atoms with Crippen molar-refractivity contribution in [3.05, 3.63) is 69.5 Å². The highest BCUT2D eigenvalue weighted by molar-refractivity contribution is 7.98. The number of hydrogen-bond acceptors (Lipinski definition) is 4. The SMILES string of the molecule is Cc1ccc(C)c(CSc2nc3c(oc4ccccc43)c(=O)[nH]2)c1. The number of fused-ring (bicyclic) bond motifs is 3. The van der Waals surface area contributed by atoms with E-state index < -0.39 is 0 Å². The van der Waals surface area contributed by atoms with Crippen LogP contribution in [0.5, 0.6) is 0 Å². The van der Waals surface area contributed by atoms with Gasteiger partial charge in [-0.1, -0.05) is 47.7 Å². The number of aromatic amines is 1. The van der Waals surface area contributed by atoms with Crippen molar-refractivity contribution in [3.8, 4) is 0 Å². The van der Waals surface area contributed by atoms with Crippen LogP contribution in [-0.4, -0.2) is 9.97 Å². The molecule has 24 heavy (non-hydrogen) atoms. The predicted octanol–water partition coefficient (Wildman–Crippen LogP) is 4.58. The van der Waals surface area contributed by atoms with Crippen molar-refractivity contribution in [2.45, 2.75) is 24.8 Å². The van der Waals surface area contributed by atoms with Crippen LogP contribution >= 0.6 is 11.8 Å². The molecule has 0 bridgehead atoms. The van der Waals surface area contributed by atoms with Crippen LogP contribution < -0.4 is 5.56 Å². The van der Waals surface area contributed by atoms with E-state index in [-0.39, 0.29) is 11.1 Å². The molecule has 0 aliphatic rings. The minimum Gasteiger partial charge on any atom is -0.449 e. The Labute approximate surface area is 142 Å². The van der Waals surface area contributed by atoms with E-state index in [1.165, 1.54) is 28.5 Å². The Balaban J connectivity index is 1.73. The van der Waals surface area contributed by atoms with Crippen molar-refractivity contribution in [3.63, 3.8) is 0 Å². The normalized spacial score (nSPS) is 11.4. The second-order valence-electron chi connectivity index (χ2n) is 5.87. The van der Waals surface area contributed by atoms with Gasteiger partial charge in [0.05, 0.1) is 0 Å². The minimum absolute atomic E-state index is 0.236. The van der Waals surface area contributed by atoms with Crippen molar-refractivity contribution >= 4 is 33.8 Å². The van der Waals surface area contributed by atoms with E-state index >= 15 is 0 Å². The average molecular weight is 336 g/mol. The van der Waals surface area contributed by atoms with E-state index in [0.717, 1.165) is 11.1 Å². The molecule has 4 aromatic rings. The molecule has 0 aliphatic heterocycles. The van der Waals surface area contributed by atoms with E-state index in [2.05, 4.69) is 42.0 Å². The minimum atomic E-state index is -0.236.